The van der Waals surface area contributed by atoms with E-state index in [1.54, 1.807) is 6.20 Å². The summed E-state index contributed by atoms with van der Waals surface area (Å²) in [7, 11) is 0. The van der Waals surface area contributed by atoms with Gasteiger partial charge in [-0.25, -0.2) is 0 Å². The van der Waals surface area contributed by atoms with Gasteiger partial charge in [0.2, 0.25) is 0 Å². The third-order valence-electron chi connectivity index (χ3n) is 6.20. The molecule has 1 heterocycles. The molecule has 1 aromatic carbocycles. The van der Waals surface area contributed by atoms with Gasteiger partial charge in [0.1, 0.15) is 11.9 Å². The van der Waals surface area contributed by atoms with Crippen LogP contribution in [0.5, 0.6) is 11.8 Å². The van der Waals surface area contributed by atoms with Gasteiger partial charge in [-0.3, -0.25) is 0 Å². The van der Waals surface area contributed by atoms with Gasteiger partial charge in [-0.2, -0.15) is 10.1 Å². The summed E-state index contributed by atoms with van der Waals surface area (Å²) < 4.78 is 11.9. The zero-order chi connectivity index (χ0) is 25.0. The molecule has 0 saturated heterocycles. The predicted octanol–water partition coefficient (Wildman–Crippen LogP) is 8.19. The number of unbranched alkanes of at least 4 members (excludes halogenated alkanes) is 11. The first-order valence-corrected chi connectivity index (χ1v) is 13.8. The second kappa shape index (κ2) is 18.7. The summed E-state index contributed by atoms with van der Waals surface area (Å²) in [4.78, 5) is 4.58. The number of hydrogen-bond donors (Lipinski definition) is 0. The first kappa shape index (κ1) is 28.6. The summed E-state index contributed by atoms with van der Waals surface area (Å²) in [5.41, 5.74) is 1.69. The van der Waals surface area contributed by atoms with Crippen LogP contribution >= 0.6 is 0 Å². The van der Waals surface area contributed by atoms with Crippen molar-refractivity contribution in [2.75, 3.05) is 6.61 Å². The van der Waals surface area contributed by atoms with Crippen LogP contribution in [0.25, 0.3) is 11.3 Å². The van der Waals surface area contributed by atoms with E-state index in [9.17, 15) is 0 Å². The molecule has 0 aliphatic rings. The Balaban J connectivity index is 1.80. The highest BCUT2D eigenvalue weighted by Crippen LogP contribution is 2.22. The molecule has 0 radical (unpaired) electrons. The summed E-state index contributed by atoms with van der Waals surface area (Å²) in [5, 5.41) is 8.19. The zero-order valence-electron chi connectivity index (χ0n) is 22.0. The van der Waals surface area contributed by atoms with Crippen LogP contribution in [0.2, 0.25) is 0 Å². The Hall–Kier alpha value is -2.61. The summed E-state index contributed by atoms with van der Waals surface area (Å²) in [6.07, 6.45) is 25.0. The van der Waals surface area contributed by atoms with E-state index in [4.69, 9.17) is 15.9 Å². The Labute approximate surface area is 213 Å². The average molecular weight is 480 g/mol. The van der Waals surface area contributed by atoms with Gasteiger partial charge in [0.15, 0.2) is 0 Å². The molecule has 192 valence electrons. The van der Waals surface area contributed by atoms with Crippen molar-refractivity contribution >= 4 is 0 Å². The molecule has 0 amide bonds. The molecule has 0 saturated carbocycles. The highest BCUT2D eigenvalue weighted by molar-refractivity contribution is 5.59. The Morgan fingerprint density at radius 2 is 1.46 bits per heavy atom. The first-order valence-electron chi connectivity index (χ1n) is 13.8. The van der Waals surface area contributed by atoms with E-state index in [2.05, 4.69) is 34.9 Å². The Morgan fingerprint density at radius 1 is 0.829 bits per heavy atom. The molecule has 0 aliphatic heterocycles. The molecular formula is C30H45N3O2. The van der Waals surface area contributed by atoms with Crippen LogP contribution in [0, 0.1) is 12.3 Å². The molecule has 0 aliphatic carbocycles. The van der Waals surface area contributed by atoms with E-state index in [-0.39, 0.29) is 12.1 Å². The third kappa shape index (κ3) is 12.6. The topological polar surface area (TPSA) is 57.1 Å². The molecule has 35 heavy (non-hydrogen) atoms. The van der Waals surface area contributed by atoms with E-state index in [1.165, 1.54) is 70.6 Å². The standard InChI is InChI=1S/C30H45N3O2/c1-4-7-9-11-13-14-16-19-28(18-6-3)35-30-32-29(25-31-33-30)26-20-22-27(23-21-26)34-24-17-15-12-10-8-5-2/h3,20-23,25,28H,4-5,7-19,24H2,1-2H3/t28-/m0/s1. The number of ether oxygens (including phenoxy) is 2. The molecule has 5 heteroatoms. The molecule has 2 aromatic rings. The Bertz CT molecular complexity index is 832. The third-order valence-corrected chi connectivity index (χ3v) is 6.20. The number of rotatable bonds is 20. The number of nitrogens with zero attached hydrogens (tertiary/aromatic N) is 3. The lowest BCUT2D eigenvalue weighted by atomic mass is 10.1. The number of hydrogen-bond acceptors (Lipinski definition) is 5. The number of benzene rings is 1. The minimum atomic E-state index is -0.0783. The van der Waals surface area contributed by atoms with Gasteiger partial charge in [-0.1, -0.05) is 89.6 Å². The molecule has 5 nitrogen and oxygen atoms in total. The van der Waals surface area contributed by atoms with E-state index in [1.807, 2.05) is 24.3 Å². The fraction of sp³-hybridized carbons (Fsp3) is 0.633. The van der Waals surface area contributed by atoms with Crippen molar-refractivity contribution in [3.05, 3.63) is 30.5 Å². The Kier molecular flexibility index (Phi) is 15.3. The summed E-state index contributed by atoms with van der Waals surface area (Å²) in [5.74, 6) is 3.61. The van der Waals surface area contributed by atoms with E-state index in [0.717, 1.165) is 42.9 Å². The number of terminal acetylenes is 1. The van der Waals surface area contributed by atoms with E-state index < -0.39 is 0 Å². The van der Waals surface area contributed by atoms with Gasteiger partial charge >= 0.3 is 6.01 Å². The van der Waals surface area contributed by atoms with Crippen molar-refractivity contribution in [3.8, 4) is 35.4 Å². The molecule has 2 rings (SSSR count). The normalized spacial score (nSPS) is 11.7. The van der Waals surface area contributed by atoms with Gasteiger partial charge in [-0.15, -0.1) is 12.3 Å². The van der Waals surface area contributed by atoms with Gasteiger partial charge in [-0.05, 0) is 43.5 Å². The maximum absolute atomic E-state index is 6.03. The summed E-state index contributed by atoms with van der Waals surface area (Å²) in [6, 6.07) is 8.26. The average Bonchev–Trinajstić information content (AvgIpc) is 2.88. The fourth-order valence-electron chi connectivity index (χ4n) is 4.08. The highest BCUT2D eigenvalue weighted by atomic mass is 16.5. The lowest BCUT2D eigenvalue weighted by Gasteiger charge is -2.15. The van der Waals surface area contributed by atoms with Crippen molar-refractivity contribution in [1.82, 2.24) is 15.2 Å². The smallest absolute Gasteiger partial charge is 0.336 e. The van der Waals surface area contributed by atoms with Crippen molar-refractivity contribution in [3.63, 3.8) is 0 Å². The van der Waals surface area contributed by atoms with Crippen LogP contribution in [0.4, 0.5) is 0 Å². The van der Waals surface area contributed by atoms with Crippen LogP contribution in [-0.2, 0) is 0 Å². The molecule has 0 N–H and O–H groups in total. The van der Waals surface area contributed by atoms with E-state index in [0.29, 0.717) is 6.42 Å². The zero-order valence-corrected chi connectivity index (χ0v) is 22.0. The lowest BCUT2D eigenvalue weighted by molar-refractivity contribution is 0.174. The largest absolute Gasteiger partial charge is 0.494 e. The molecule has 0 unspecified atom stereocenters. The van der Waals surface area contributed by atoms with Gasteiger partial charge in [0.05, 0.1) is 18.5 Å². The van der Waals surface area contributed by atoms with Crippen molar-refractivity contribution < 1.29 is 9.47 Å². The minimum Gasteiger partial charge on any atom is -0.494 e. The molecule has 1 atom stereocenters. The monoisotopic (exact) mass is 479 g/mol. The quantitative estimate of drug-likeness (QED) is 0.141. The SMILES string of the molecule is C#CC[C@@H](CCCCCCCCC)Oc1nncc(-c2ccc(OCCCCCCCC)cc2)n1. The minimum absolute atomic E-state index is 0.0783. The number of aromatic nitrogens is 3. The van der Waals surface area contributed by atoms with Crippen molar-refractivity contribution in [2.24, 2.45) is 0 Å². The van der Waals surface area contributed by atoms with Crippen LogP contribution in [0.3, 0.4) is 0 Å². The first-order chi connectivity index (χ1) is 17.3. The van der Waals surface area contributed by atoms with Crippen LogP contribution in [-0.4, -0.2) is 27.9 Å². The molecule has 0 bridgehead atoms. The van der Waals surface area contributed by atoms with Crippen molar-refractivity contribution in [2.45, 2.75) is 116 Å². The lowest BCUT2D eigenvalue weighted by Crippen LogP contribution is -2.17. The highest BCUT2D eigenvalue weighted by Gasteiger charge is 2.13. The molecule has 0 spiro atoms. The van der Waals surface area contributed by atoms with Gasteiger partial charge < -0.3 is 9.47 Å². The second-order valence-corrected chi connectivity index (χ2v) is 9.32. The maximum atomic E-state index is 6.03. The molecule has 1 aromatic heterocycles. The van der Waals surface area contributed by atoms with Gasteiger partial charge in [0.25, 0.3) is 0 Å². The fourth-order valence-corrected chi connectivity index (χ4v) is 4.08. The van der Waals surface area contributed by atoms with Crippen molar-refractivity contribution in [1.29, 1.82) is 0 Å². The van der Waals surface area contributed by atoms with E-state index >= 15 is 0 Å². The molecule has 0 fully saturated rings. The maximum Gasteiger partial charge on any atom is 0.336 e. The summed E-state index contributed by atoms with van der Waals surface area (Å²) >= 11 is 0. The van der Waals surface area contributed by atoms with Crippen LogP contribution in [0.15, 0.2) is 30.5 Å². The summed E-state index contributed by atoms with van der Waals surface area (Å²) in [6.45, 7) is 5.25. The predicted molar refractivity (Wildman–Crippen MR) is 145 cm³/mol. The van der Waals surface area contributed by atoms with Crippen LogP contribution < -0.4 is 9.47 Å². The second-order valence-electron chi connectivity index (χ2n) is 9.32. The van der Waals surface area contributed by atoms with Gasteiger partial charge in [0, 0.05) is 12.0 Å². The molecular weight excluding hydrogens is 434 g/mol. The Morgan fingerprint density at radius 3 is 2.11 bits per heavy atom. The van der Waals surface area contributed by atoms with Crippen LogP contribution in [0.1, 0.15) is 110 Å².